The summed E-state index contributed by atoms with van der Waals surface area (Å²) in [6.07, 6.45) is 3.97. The first-order valence-corrected chi connectivity index (χ1v) is 16.3. The zero-order valence-corrected chi connectivity index (χ0v) is 26.5. The van der Waals surface area contributed by atoms with Crippen LogP contribution in [0.15, 0.2) is 118 Å². The standard InChI is InChI=1S/C34H24Cl2N4O2S2/c1-20-30(32(41)38-23-8-3-2-4-9-23)31(28-12-7-15-43-28)40-33(42)29(44-34(40)37-20)17-22-19-39(27-11-6-5-10-24(22)27)18-21-13-14-25(35)26(36)16-21/h2-17,19,31H,18H2,1H3,(H,38,41)/b29-17+/t31-/m1/s1. The number of halogens is 2. The summed E-state index contributed by atoms with van der Waals surface area (Å²) in [4.78, 5) is 34.1. The second-order valence-corrected chi connectivity index (χ2v) is 13.2. The van der Waals surface area contributed by atoms with E-state index in [1.54, 1.807) is 10.6 Å². The summed E-state index contributed by atoms with van der Waals surface area (Å²) >= 11 is 15.3. The third kappa shape index (κ3) is 5.24. The molecule has 1 atom stereocenters. The molecule has 1 amide bonds. The number of carbonyl (C=O) groups is 1. The molecule has 0 radical (unpaired) electrons. The van der Waals surface area contributed by atoms with Gasteiger partial charge in [-0.2, -0.15) is 0 Å². The maximum absolute atomic E-state index is 14.2. The Kier molecular flexibility index (Phi) is 7.60. The Labute approximate surface area is 270 Å². The van der Waals surface area contributed by atoms with Crippen LogP contribution >= 0.6 is 45.9 Å². The highest BCUT2D eigenvalue weighted by Crippen LogP contribution is 2.33. The van der Waals surface area contributed by atoms with E-state index in [2.05, 4.69) is 16.0 Å². The molecule has 3 aromatic carbocycles. The minimum atomic E-state index is -0.590. The first kappa shape index (κ1) is 28.6. The molecule has 0 aliphatic carbocycles. The molecule has 1 aliphatic heterocycles. The van der Waals surface area contributed by atoms with Crippen LogP contribution in [0, 0.1) is 0 Å². The molecule has 218 valence electrons. The van der Waals surface area contributed by atoms with Crippen LogP contribution in [-0.4, -0.2) is 15.0 Å². The molecule has 4 heterocycles. The molecule has 3 aromatic heterocycles. The zero-order chi connectivity index (χ0) is 30.4. The molecule has 1 N–H and O–H groups in total. The predicted molar refractivity (Wildman–Crippen MR) is 181 cm³/mol. The molecule has 7 rings (SSSR count). The van der Waals surface area contributed by atoms with Crippen LogP contribution in [0.25, 0.3) is 17.0 Å². The fourth-order valence-corrected chi connectivity index (χ4v) is 7.73. The lowest BCUT2D eigenvalue weighted by molar-refractivity contribution is -0.113. The van der Waals surface area contributed by atoms with Crippen LogP contribution in [0.3, 0.4) is 0 Å². The number of hydrogen-bond acceptors (Lipinski definition) is 5. The summed E-state index contributed by atoms with van der Waals surface area (Å²) in [5.74, 6) is -0.282. The second kappa shape index (κ2) is 11.7. The number of thiazole rings is 1. The Balaban J connectivity index is 1.33. The Morgan fingerprint density at radius 3 is 2.57 bits per heavy atom. The molecule has 0 bridgehead atoms. The molecule has 6 aromatic rings. The van der Waals surface area contributed by atoms with Crippen LogP contribution in [0.5, 0.6) is 0 Å². The van der Waals surface area contributed by atoms with Gasteiger partial charge < -0.3 is 9.88 Å². The molecule has 44 heavy (non-hydrogen) atoms. The Bertz CT molecular complexity index is 2270. The van der Waals surface area contributed by atoms with Gasteiger partial charge in [-0.1, -0.05) is 83.1 Å². The van der Waals surface area contributed by atoms with Crippen molar-refractivity contribution in [1.29, 1.82) is 0 Å². The van der Waals surface area contributed by atoms with Crippen molar-refractivity contribution in [3.63, 3.8) is 0 Å². The summed E-state index contributed by atoms with van der Waals surface area (Å²) < 4.78 is 4.34. The van der Waals surface area contributed by atoms with Crippen LogP contribution in [0.4, 0.5) is 5.69 Å². The van der Waals surface area contributed by atoms with Crippen molar-refractivity contribution in [3.8, 4) is 0 Å². The number of amides is 1. The number of allylic oxidation sites excluding steroid dienone is 1. The first-order valence-electron chi connectivity index (χ1n) is 13.8. The molecule has 0 saturated carbocycles. The number of aromatic nitrogens is 2. The van der Waals surface area contributed by atoms with Crippen LogP contribution in [0.2, 0.25) is 10.0 Å². The summed E-state index contributed by atoms with van der Waals surface area (Å²) in [5, 5.41) is 6.99. The molecule has 0 saturated heterocycles. The molecule has 0 spiro atoms. The summed E-state index contributed by atoms with van der Waals surface area (Å²) in [5.41, 5.74) is 4.49. The van der Waals surface area contributed by atoms with E-state index in [0.29, 0.717) is 42.9 Å². The predicted octanol–water partition coefficient (Wildman–Crippen LogP) is 7.25. The van der Waals surface area contributed by atoms with Crippen LogP contribution in [0.1, 0.15) is 29.0 Å². The third-order valence-corrected chi connectivity index (χ3v) is 10.2. The Morgan fingerprint density at radius 1 is 1.00 bits per heavy atom. The number of fused-ring (bicyclic) bond motifs is 2. The fourth-order valence-electron chi connectivity index (χ4n) is 5.54. The average Bonchev–Trinajstić information content (AvgIpc) is 3.74. The van der Waals surface area contributed by atoms with E-state index in [0.717, 1.165) is 26.9 Å². The van der Waals surface area contributed by atoms with E-state index < -0.39 is 6.04 Å². The van der Waals surface area contributed by atoms with Crippen molar-refractivity contribution in [2.24, 2.45) is 4.99 Å². The molecule has 0 unspecified atom stereocenters. The summed E-state index contributed by atoms with van der Waals surface area (Å²) in [6, 6.07) is 26.3. The van der Waals surface area contributed by atoms with Gasteiger partial charge in [-0.3, -0.25) is 14.2 Å². The van der Waals surface area contributed by atoms with E-state index in [-0.39, 0.29) is 11.5 Å². The van der Waals surface area contributed by atoms with Gasteiger partial charge in [0, 0.05) is 39.8 Å². The number of anilines is 1. The van der Waals surface area contributed by atoms with Gasteiger partial charge in [0.2, 0.25) is 0 Å². The number of nitrogens with zero attached hydrogens (tertiary/aromatic N) is 3. The number of hydrogen-bond donors (Lipinski definition) is 1. The van der Waals surface area contributed by atoms with Gasteiger partial charge in [-0.15, -0.1) is 11.3 Å². The molecular formula is C34H24Cl2N4O2S2. The molecular weight excluding hydrogens is 631 g/mol. The highest BCUT2D eigenvalue weighted by Gasteiger charge is 2.33. The zero-order valence-electron chi connectivity index (χ0n) is 23.3. The maximum atomic E-state index is 14.2. The van der Waals surface area contributed by atoms with Gasteiger partial charge in [-0.25, -0.2) is 4.99 Å². The van der Waals surface area contributed by atoms with Gasteiger partial charge in [0.25, 0.3) is 11.5 Å². The van der Waals surface area contributed by atoms with Crippen LogP contribution in [-0.2, 0) is 11.3 Å². The number of nitrogens with one attached hydrogen (secondary N) is 1. The monoisotopic (exact) mass is 654 g/mol. The molecule has 0 fully saturated rings. The first-order chi connectivity index (χ1) is 21.4. The van der Waals surface area contributed by atoms with E-state index >= 15 is 0 Å². The molecule has 1 aliphatic rings. The quantitative estimate of drug-likeness (QED) is 0.206. The van der Waals surface area contributed by atoms with Gasteiger partial charge in [0.15, 0.2) is 4.80 Å². The highest BCUT2D eigenvalue weighted by molar-refractivity contribution is 7.10. The SMILES string of the molecule is CC1=C(C(=O)Nc2ccccc2)[C@@H](c2cccs2)n2c(s/c(=C/c3cn(Cc4ccc(Cl)c(Cl)c4)c4ccccc34)c2=O)=N1. The minimum Gasteiger partial charge on any atom is -0.342 e. The average molecular weight is 656 g/mol. The van der Waals surface area contributed by atoms with Crippen molar-refractivity contribution in [1.82, 2.24) is 9.13 Å². The largest absolute Gasteiger partial charge is 0.342 e. The topological polar surface area (TPSA) is 68.4 Å². The highest BCUT2D eigenvalue weighted by atomic mass is 35.5. The fraction of sp³-hybridized carbons (Fsp3) is 0.0882. The third-order valence-electron chi connectivity index (χ3n) is 7.55. The summed E-state index contributed by atoms with van der Waals surface area (Å²) in [6.45, 7) is 2.41. The number of thiophene rings is 1. The van der Waals surface area contributed by atoms with E-state index in [9.17, 15) is 9.59 Å². The lowest BCUT2D eigenvalue weighted by Gasteiger charge is -2.24. The maximum Gasteiger partial charge on any atom is 0.271 e. The lowest BCUT2D eigenvalue weighted by Crippen LogP contribution is -2.40. The van der Waals surface area contributed by atoms with Gasteiger partial charge in [0.1, 0.15) is 6.04 Å². The minimum absolute atomic E-state index is 0.189. The second-order valence-electron chi connectivity index (χ2n) is 10.4. The molecule has 6 nitrogen and oxygen atoms in total. The van der Waals surface area contributed by atoms with Crippen molar-refractivity contribution in [2.75, 3.05) is 5.32 Å². The van der Waals surface area contributed by atoms with E-state index in [1.165, 1.54) is 22.7 Å². The van der Waals surface area contributed by atoms with Gasteiger partial charge >= 0.3 is 0 Å². The van der Waals surface area contributed by atoms with E-state index in [4.69, 9.17) is 28.2 Å². The van der Waals surface area contributed by atoms with E-state index in [1.807, 2.05) is 97.4 Å². The van der Waals surface area contributed by atoms with Gasteiger partial charge in [-0.05, 0) is 60.3 Å². The van der Waals surface area contributed by atoms with Gasteiger partial charge in [0.05, 0.1) is 25.8 Å². The van der Waals surface area contributed by atoms with Crippen LogP contribution < -0.4 is 20.2 Å². The number of carbonyl (C=O) groups excluding carboxylic acids is 1. The Hall–Kier alpha value is -4.21. The van der Waals surface area contributed by atoms with Crippen molar-refractivity contribution >= 4 is 74.4 Å². The van der Waals surface area contributed by atoms with Crippen molar-refractivity contribution in [3.05, 3.63) is 154 Å². The van der Waals surface area contributed by atoms with Crippen molar-refractivity contribution < 1.29 is 4.79 Å². The lowest BCUT2D eigenvalue weighted by atomic mass is 10.0. The smallest absolute Gasteiger partial charge is 0.271 e. The summed E-state index contributed by atoms with van der Waals surface area (Å²) in [7, 11) is 0. The van der Waals surface area contributed by atoms with Crippen molar-refractivity contribution in [2.45, 2.75) is 19.5 Å². The number of rotatable bonds is 6. The number of para-hydroxylation sites is 2. The molecule has 10 heteroatoms. The normalized spacial score (nSPS) is 15.0. The number of benzene rings is 3. The Morgan fingerprint density at radius 2 is 1.80 bits per heavy atom.